The van der Waals surface area contributed by atoms with Crippen LogP contribution in [0.5, 0.6) is 0 Å². The van der Waals surface area contributed by atoms with Gasteiger partial charge in [-0.1, -0.05) is 6.92 Å². The molecule has 3 rings (SSSR count). The van der Waals surface area contributed by atoms with Crippen molar-refractivity contribution in [1.29, 1.82) is 0 Å². The number of rotatable bonds is 4. The van der Waals surface area contributed by atoms with Crippen molar-refractivity contribution in [3.63, 3.8) is 0 Å². The van der Waals surface area contributed by atoms with Crippen LogP contribution < -0.4 is 5.32 Å². The maximum Gasteiger partial charge on any atom is 0.230 e. The van der Waals surface area contributed by atoms with E-state index < -0.39 is 0 Å². The third kappa shape index (κ3) is 3.33. The number of carbonyl (C=O) groups excluding carboxylic acids is 1. The van der Waals surface area contributed by atoms with Crippen molar-refractivity contribution in [2.24, 2.45) is 5.92 Å². The Morgan fingerprint density at radius 2 is 2.18 bits per heavy atom. The fraction of sp³-hybridized carbons (Fsp3) is 0.750. The normalized spacial score (nSPS) is 27.2. The number of hydrogen-bond acceptors (Lipinski definition) is 4. The van der Waals surface area contributed by atoms with Gasteiger partial charge in [0.05, 0.1) is 29.9 Å². The number of nitrogens with zero attached hydrogens (tertiary/aromatic N) is 3. The van der Waals surface area contributed by atoms with Crippen LogP contribution >= 0.6 is 0 Å². The molecule has 1 aromatic heterocycles. The summed E-state index contributed by atoms with van der Waals surface area (Å²) in [5.74, 6) is 0.0314. The monoisotopic (exact) mass is 306 g/mol. The van der Waals surface area contributed by atoms with E-state index in [1.54, 1.807) is 6.20 Å². The number of likely N-dealkylation sites (tertiary alicyclic amines) is 1. The highest BCUT2D eigenvalue weighted by Crippen LogP contribution is 2.26. The Morgan fingerprint density at radius 1 is 1.41 bits per heavy atom. The topological polar surface area (TPSA) is 59.4 Å². The Bertz CT molecular complexity index is 508. The molecule has 0 spiro atoms. The van der Waals surface area contributed by atoms with Crippen LogP contribution in [0, 0.1) is 5.92 Å². The fourth-order valence-electron chi connectivity index (χ4n) is 3.45. The second-order valence-corrected chi connectivity index (χ2v) is 6.45. The third-order valence-electron chi connectivity index (χ3n) is 4.88. The molecule has 6 nitrogen and oxygen atoms in total. The maximum atomic E-state index is 12.4. The third-order valence-corrected chi connectivity index (χ3v) is 4.88. The fourth-order valence-corrected chi connectivity index (χ4v) is 3.45. The van der Waals surface area contributed by atoms with Crippen molar-refractivity contribution in [1.82, 2.24) is 14.7 Å². The van der Waals surface area contributed by atoms with E-state index in [0.717, 1.165) is 44.5 Å². The quantitative estimate of drug-likeness (QED) is 0.923. The molecule has 0 saturated carbocycles. The lowest BCUT2D eigenvalue weighted by Gasteiger charge is -2.28. The molecule has 2 fully saturated rings. The first-order valence-corrected chi connectivity index (χ1v) is 8.32. The van der Waals surface area contributed by atoms with Gasteiger partial charge >= 0.3 is 0 Å². The van der Waals surface area contributed by atoms with Crippen LogP contribution in [0.15, 0.2) is 12.4 Å². The minimum Gasteiger partial charge on any atom is -0.377 e. The number of nitrogens with one attached hydrogen (secondary N) is 1. The van der Waals surface area contributed by atoms with Gasteiger partial charge in [-0.25, -0.2) is 0 Å². The molecular formula is C16H26N4O2. The van der Waals surface area contributed by atoms with Crippen molar-refractivity contribution in [3.05, 3.63) is 12.4 Å². The summed E-state index contributed by atoms with van der Waals surface area (Å²) in [6.07, 6.45) is 7.70. The predicted molar refractivity (Wildman–Crippen MR) is 84.8 cm³/mol. The molecule has 3 heterocycles. The summed E-state index contributed by atoms with van der Waals surface area (Å²) in [6, 6.07) is 0.444. The zero-order chi connectivity index (χ0) is 15.5. The number of anilines is 1. The van der Waals surface area contributed by atoms with Crippen molar-refractivity contribution in [2.45, 2.75) is 44.8 Å². The summed E-state index contributed by atoms with van der Waals surface area (Å²) in [4.78, 5) is 14.7. The number of piperidine rings is 1. The van der Waals surface area contributed by atoms with Gasteiger partial charge in [0.2, 0.25) is 5.91 Å². The smallest absolute Gasteiger partial charge is 0.230 e. The molecule has 0 aromatic carbocycles. The molecule has 0 aliphatic carbocycles. The van der Waals surface area contributed by atoms with Crippen LogP contribution in [0.3, 0.4) is 0 Å². The first kappa shape index (κ1) is 15.5. The Hall–Kier alpha value is -1.40. The summed E-state index contributed by atoms with van der Waals surface area (Å²) in [6.45, 7) is 4.95. The van der Waals surface area contributed by atoms with Gasteiger partial charge in [0.15, 0.2) is 0 Å². The average Bonchev–Trinajstić information content (AvgIpc) is 3.16. The van der Waals surface area contributed by atoms with Crippen LogP contribution in [0.4, 0.5) is 5.69 Å². The first-order chi connectivity index (χ1) is 10.7. The van der Waals surface area contributed by atoms with Crippen LogP contribution in [0.25, 0.3) is 0 Å². The summed E-state index contributed by atoms with van der Waals surface area (Å²) in [5, 5.41) is 7.44. The van der Waals surface area contributed by atoms with E-state index >= 15 is 0 Å². The largest absolute Gasteiger partial charge is 0.377 e. The molecule has 0 radical (unpaired) electrons. The van der Waals surface area contributed by atoms with E-state index in [1.807, 2.05) is 10.9 Å². The van der Waals surface area contributed by atoms with Gasteiger partial charge < -0.3 is 15.0 Å². The van der Waals surface area contributed by atoms with Crippen molar-refractivity contribution in [2.75, 3.05) is 32.1 Å². The van der Waals surface area contributed by atoms with Gasteiger partial charge in [0, 0.05) is 12.8 Å². The van der Waals surface area contributed by atoms with E-state index in [0.29, 0.717) is 12.6 Å². The number of aromatic nitrogens is 2. The molecular weight excluding hydrogens is 280 g/mol. The zero-order valence-corrected chi connectivity index (χ0v) is 13.5. The molecule has 1 N–H and O–H groups in total. The standard InChI is InChI=1S/C16H26N4O2/c1-3-15-14(6-9-22-15)16(21)18-12-10-17-20(11-12)13-4-7-19(2)8-5-13/h10-11,13-15H,3-9H2,1-2H3,(H,18,21)/t14-,15+/m1/s1. The van der Waals surface area contributed by atoms with E-state index in [1.165, 1.54) is 0 Å². The van der Waals surface area contributed by atoms with Crippen LogP contribution in [0.2, 0.25) is 0 Å². The van der Waals surface area contributed by atoms with Gasteiger partial charge in [-0.15, -0.1) is 0 Å². The maximum absolute atomic E-state index is 12.4. The molecule has 22 heavy (non-hydrogen) atoms. The minimum absolute atomic E-state index is 0.0309. The number of hydrogen-bond donors (Lipinski definition) is 1. The first-order valence-electron chi connectivity index (χ1n) is 8.32. The SMILES string of the molecule is CC[C@@H]1OCC[C@H]1C(=O)Nc1cnn(C2CCN(C)CC2)c1. The molecule has 122 valence electrons. The Kier molecular flexibility index (Phi) is 4.78. The second-order valence-electron chi connectivity index (χ2n) is 6.45. The van der Waals surface area contributed by atoms with E-state index in [4.69, 9.17) is 4.74 Å². The van der Waals surface area contributed by atoms with E-state index in [9.17, 15) is 4.79 Å². The van der Waals surface area contributed by atoms with Crippen LogP contribution in [0.1, 0.15) is 38.6 Å². The highest BCUT2D eigenvalue weighted by molar-refractivity contribution is 5.92. The van der Waals surface area contributed by atoms with E-state index in [2.05, 4.69) is 29.3 Å². The number of ether oxygens (including phenoxy) is 1. The molecule has 2 aliphatic heterocycles. The molecule has 2 aliphatic rings. The molecule has 0 unspecified atom stereocenters. The van der Waals surface area contributed by atoms with Gasteiger partial charge in [0.1, 0.15) is 0 Å². The Balaban J connectivity index is 1.58. The van der Waals surface area contributed by atoms with Gasteiger partial charge in [-0.3, -0.25) is 9.48 Å². The van der Waals surface area contributed by atoms with Crippen molar-refractivity contribution >= 4 is 11.6 Å². The number of amides is 1. The Morgan fingerprint density at radius 3 is 2.91 bits per heavy atom. The average molecular weight is 306 g/mol. The molecule has 2 saturated heterocycles. The predicted octanol–water partition coefficient (Wildman–Crippen LogP) is 1.90. The minimum atomic E-state index is -0.0309. The highest BCUT2D eigenvalue weighted by Gasteiger charge is 2.33. The lowest BCUT2D eigenvalue weighted by molar-refractivity contribution is -0.121. The van der Waals surface area contributed by atoms with Gasteiger partial charge in [-0.05, 0) is 45.8 Å². The van der Waals surface area contributed by atoms with Crippen LogP contribution in [-0.4, -0.2) is 53.4 Å². The molecule has 2 atom stereocenters. The van der Waals surface area contributed by atoms with E-state index in [-0.39, 0.29) is 17.9 Å². The lowest BCUT2D eigenvalue weighted by atomic mass is 9.99. The Labute approximate surface area is 131 Å². The second kappa shape index (κ2) is 6.79. The summed E-state index contributed by atoms with van der Waals surface area (Å²) >= 11 is 0. The van der Waals surface area contributed by atoms with Crippen LogP contribution in [-0.2, 0) is 9.53 Å². The van der Waals surface area contributed by atoms with Gasteiger partial charge in [0.25, 0.3) is 0 Å². The van der Waals surface area contributed by atoms with Gasteiger partial charge in [-0.2, -0.15) is 5.10 Å². The summed E-state index contributed by atoms with van der Waals surface area (Å²) in [5.41, 5.74) is 0.797. The molecule has 1 amide bonds. The molecule has 0 bridgehead atoms. The molecule has 6 heteroatoms. The summed E-state index contributed by atoms with van der Waals surface area (Å²) in [7, 11) is 2.15. The molecule has 1 aromatic rings. The van der Waals surface area contributed by atoms with Crippen molar-refractivity contribution < 1.29 is 9.53 Å². The number of carbonyl (C=O) groups is 1. The van der Waals surface area contributed by atoms with Crippen molar-refractivity contribution in [3.8, 4) is 0 Å². The zero-order valence-electron chi connectivity index (χ0n) is 13.5. The lowest BCUT2D eigenvalue weighted by Crippen LogP contribution is -2.31. The highest BCUT2D eigenvalue weighted by atomic mass is 16.5. The summed E-state index contributed by atoms with van der Waals surface area (Å²) < 4.78 is 7.60.